The molecule has 3 rings (SSSR count). The number of carbonyl (C=O) groups excluding carboxylic acids is 1. The number of nitrogens with one attached hydrogen (secondary N) is 1. The van der Waals surface area contributed by atoms with Crippen molar-refractivity contribution < 1.29 is 13.2 Å². The Bertz CT molecular complexity index is 917. The molecule has 1 saturated heterocycles. The van der Waals surface area contributed by atoms with Crippen molar-refractivity contribution in [1.29, 1.82) is 0 Å². The molecule has 1 N–H and O–H groups in total. The van der Waals surface area contributed by atoms with Gasteiger partial charge in [0.1, 0.15) is 0 Å². The van der Waals surface area contributed by atoms with Gasteiger partial charge in [-0.05, 0) is 17.7 Å². The molecule has 0 spiro atoms. The first kappa shape index (κ1) is 18.9. The van der Waals surface area contributed by atoms with Gasteiger partial charge in [-0.3, -0.25) is 4.79 Å². The van der Waals surface area contributed by atoms with E-state index in [1.807, 2.05) is 0 Å². The summed E-state index contributed by atoms with van der Waals surface area (Å²) in [5.41, 5.74) is 0.698. The predicted octanol–water partition coefficient (Wildman–Crippen LogP) is 3.84. The van der Waals surface area contributed by atoms with Gasteiger partial charge in [0.05, 0.1) is 11.6 Å². The fourth-order valence-corrected chi connectivity index (χ4v) is 7.40. The van der Waals surface area contributed by atoms with Gasteiger partial charge < -0.3 is 5.32 Å². The maximum absolute atomic E-state index is 13.0. The monoisotopic (exact) mass is 437 g/mol. The number of anilines is 1. The number of halogens is 2. The largest absolute Gasteiger partial charge is 0.302 e. The molecular weight excluding hydrogens is 425 g/mol. The van der Waals surface area contributed by atoms with E-state index in [0.29, 0.717) is 27.9 Å². The fraction of sp³-hybridized carbons (Fsp3) is 0.286. The van der Waals surface area contributed by atoms with Crippen molar-refractivity contribution in [3.8, 4) is 0 Å². The van der Waals surface area contributed by atoms with Crippen LogP contribution in [0.5, 0.6) is 0 Å². The van der Waals surface area contributed by atoms with E-state index in [9.17, 15) is 13.2 Å². The molecule has 1 aromatic carbocycles. The lowest BCUT2D eigenvalue weighted by Gasteiger charge is -2.23. The second kappa shape index (κ2) is 7.42. The Kier molecular flexibility index (Phi) is 5.62. The molecule has 6 nitrogen and oxygen atoms in total. The third-order valence-corrected chi connectivity index (χ3v) is 8.56. The maximum atomic E-state index is 13.0. The Morgan fingerprint density at radius 3 is 2.84 bits per heavy atom. The van der Waals surface area contributed by atoms with Crippen LogP contribution in [0.25, 0.3) is 0 Å². The van der Waals surface area contributed by atoms with Crippen LogP contribution >= 0.6 is 46.3 Å². The zero-order chi connectivity index (χ0) is 18.2. The second-order valence-corrected chi connectivity index (χ2v) is 10.4. The van der Waals surface area contributed by atoms with Gasteiger partial charge in [-0.2, -0.15) is 4.31 Å². The van der Waals surface area contributed by atoms with Crippen LogP contribution in [0.4, 0.5) is 5.13 Å². The fourth-order valence-electron chi connectivity index (χ4n) is 2.35. The Balaban J connectivity index is 1.93. The molecule has 25 heavy (non-hydrogen) atoms. The number of sulfonamides is 1. The van der Waals surface area contributed by atoms with E-state index in [4.69, 9.17) is 23.2 Å². The van der Waals surface area contributed by atoms with Crippen molar-refractivity contribution in [2.75, 3.05) is 17.6 Å². The molecule has 0 aliphatic carbocycles. The lowest BCUT2D eigenvalue weighted by Crippen LogP contribution is -2.30. The van der Waals surface area contributed by atoms with Crippen molar-refractivity contribution in [3.63, 3.8) is 0 Å². The summed E-state index contributed by atoms with van der Waals surface area (Å²) in [7, 11) is -3.75. The molecule has 1 aliphatic rings. The van der Waals surface area contributed by atoms with Gasteiger partial charge in [-0.25, -0.2) is 13.4 Å². The molecular formula is C14H13Cl2N3O3S3. The summed E-state index contributed by atoms with van der Waals surface area (Å²) in [5.74, 6) is 0.348. The summed E-state index contributed by atoms with van der Waals surface area (Å²) >= 11 is 14.6. The third kappa shape index (κ3) is 3.96. The van der Waals surface area contributed by atoms with Crippen LogP contribution in [-0.4, -0.2) is 35.9 Å². The van der Waals surface area contributed by atoms with Crippen LogP contribution in [0.1, 0.15) is 17.9 Å². The van der Waals surface area contributed by atoms with Gasteiger partial charge in [0.25, 0.3) is 10.0 Å². The number of benzene rings is 1. The van der Waals surface area contributed by atoms with E-state index in [-0.39, 0.29) is 15.2 Å². The van der Waals surface area contributed by atoms with Crippen molar-refractivity contribution >= 4 is 67.4 Å². The summed E-state index contributed by atoms with van der Waals surface area (Å²) < 4.78 is 27.5. The van der Waals surface area contributed by atoms with Gasteiger partial charge in [0.2, 0.25) is 5.91 Å². The first-order valence-electron chi connectivity index (χ1n) is 7.11. The van der Waals surface area contributed by atoms with Crippen LogP contribution in [0.2, 0.25) is 10.0 Å². The van der Waals surface area contributed by atoms with Gasteiger partial charge in [-0.1, -0.05) is 40.6 Å². The zero-order valence-corrected chi connectivity index (χ0v) is 16.9. The van der Waals surface area contributed by atoms with E-state index >= 15 is 0 Å². The summed E-state index contributed by atoms with van der Waals surface area (Å²) in [6.45, 7) is 1.70. The van der Waals surface area contributed by atoms with Gasteiger partial charge in [-0.15, -0.1) is 11.8 Å². The van der Waals surface area contributed by atoms with Crippen LogP contribution < -0.4 is 5.32 Å². The first-order chi connectivity index (χ1) is 11.8. The minimum absolute atomic E-state index is 0.0776. The average Bonchev–Trinajstić information content (AvgIpc) is 3.16. The predicted molar refractivity (Wildman–Crippen MR) is 102 cm³/mol. The third-order valence-electron chi connectivity index (χ3n) is 3.41. The summed E-state index contributed by atoms with van der Waals surface area (Å²) in [6.07, 6.45) is 1.26. The molecule has 2 aromatic rings. The molecule has 0 radical (unpaired) electrons. The SMILES string of the molecule is CC(=O)Nc1ncc(S(=O)(=O)N2CCSC2c2ccc(Cl)cc2Cl)s1. The normalized spacial score (nSPS) is 18.4. The number of hydrogen-bond donors (Lipinski definition) is 1. The number of aromatic nitrogens is 1. The zero-order valence-electron chi connectivity index (χ0n) is 12.9. The minimum Gasteiger partial charge on any atom is -0.302 e. The van der Waals surface area contributed by atoms with Crippen molar-refractivity contribution in [2.45, 2.75) is 16.5 Å². The van der Waals surface area contributed by atoms with Gasteiger partial charge in [0.15, 0.2) is 9.34 Å². The highest BCUT2D eigenvalue weighted by Gasteiger charge is 2.38. The topological polar surface area (TPSA) is 79.4 Å². The highest BCUT2D eigenvalue weighted by atomic mass is 35.5. The summed E-state index contributed by atoms with van der Waals surface area (Å²) in [5, 5.41) is 3.23. The smallest absolute Gasteiger partial charge is 0.255 e. The Morgan fingerprint density at radius 1 is 1.40 bits per heavy atom. The molecule has 0 bridgehead atoms. The minimum atomic E-state index is -3.75. The summed E-state index contributed by atoms with van der Waals surface area (Å²) in [4.78, 5) is 15.0. The molecule has 1 unspecified atom stereocenters. The van der Waals surface area contributed by atoms with E-state index < -0.39 is 15.4 Å². The quantitative estimate of drug-likeness (QED) is 0.785. The highest BCUT2D eigenvalue weighted by molar-refractivity contribution is 8.01. The maximum Gasteiger partial charge on any atom is 0.255 e. The number of carbonyl (C=O) groups is 1. The average molecular weight is 438 g/mol. The molecule has 1 fully saturated rings. The molecule has 2 heterocycles. The van der Waals surface area contributed by atoms with E-state index in [0.717, 1.165) is 11.3 Å². The number of hydrogen-bond acceptors (Lipinski definition) is 6. The summed E-state index contributed by atoms with van der Waals surface area (Å²) in [6, 6.07) is 5.03. The standard InChI is InChI=1S/C14H13Cl2N3O3S3/c1-8(20)18-14-17-7-12(24-14)25(21,22)19-4-5-23-13(19)10-3-2-9(15)6-11(10)16/h2-3,6-7,13H,4-5H2,1H3,(H,17,18,20). The number of amides is 1. The lowest BCUT2D eigenvalue weighted by atomic mass is 10.2. The van der Waals surface area contributed by atoms with Gasteiger partial charge >= 0.3 is 0 Å². The lowest BCUT2D eigenvalue weighted by molar-refractivity contribution is -0.114. The second-order valence-electron chi connectivity index (χ2n) is 5.17. The van der Waals surface area contributed by atoms with Crippen LogP contribution in [0.15, 0.2) is 28.6 Å². The van der Waals surface area contributed by atoms with Crippen molar-refractivity contribution in [1.82, 2.24) is 9.29 Å². The van der Waals surface area contributed by atoms with Gasteiger partial charge in [0, 0.05) is 29.3 Å². The number of thioether (sulfide) groups is 1. The Morgan fingerprint density at radius 2 is 2.16 bits per heavy atom. The van der Waals surface area contributed by atoms with Crippen LogP contribution in [0, 0.1) is 0 Å². The van der Waals surface area contributed by atoms with E-state index in [2.05, 4.69) is 10.3 Å². The first-order valence-corrected chi connectivity index (χ1v) is 11.2. The van der Waals surface area contributed by atoms with Crippen molar-refractivity contribution in [3.05, 3.63) is 40.0 Å². The number of thiazole rings is 1. The molecule has 134 valence electrons. The van der Waals surface area contributed by atoms with E-state index in [1.54, 1.807) is 18.2 Å². The number of nitrogens with zero attached hydrogens (tertiary/aromatic N) is 2. The van der Waals surface area contributed by atoms with Crippen molar-refractivity contribution in [2.24, 2.45) is 0 Å². The highest BCUT2D eigenvalue weighted by Crippen LogP contribution is 2.45. The molecule has 1 aromatic heterocycles. The molecule has 0 saturated carbocycles. The number of rotatable bonds is 4. The molecule has 1 atom stereocenters. The Hall–Kier alpha value is -0.840. The molecule has 1 amide bonds. The van der Waals surface area contributed by atoms with Crippen LogP contribution in [-0.2, 0) is 14.8 Å². The molecule has 11 heteroatoms. The van der Waals surface area contributed by atoms with Crippen LogP contribution in [0.3, 0.4) is 0 Å². The Labute approximate surface area is 163 Å². The molecule has 1 aliphatic heterocycles. The van der Waals surface area contributed by atoms with E-state index in [1.165, 1.54) is 29.2 Å².